The molecule has 1 aliphatic heterocycles. The van der Waals surface area contributed by atoms with Crippen LogP contribution in [0.5, 0.6) is 0 Å². The van der Waals surface area contributed by atoms with Gasteiger partial charge in [-0.15, -0.1) is 0 Å². The summed E-state index contributed by atoms with van der Waals surface area (Å²) < 4.78 is 1.70. The lowest BCUT2D eigenvalue weighted by molar-refractivity contribution is -0.131. The molecule has 0 aromatic carbocycles. The Bertz CT molecular complexity index is 521. The van der Waals surface area contributed by atoms with Crippen molar-refractivity contribution in [3.05, 3.63) is 20.7 Å². The molecule has 20 heavy (non-hydrogen) atoms. The number of rotatable bonds is 4. The zero-order valence-electron chi connectivity index (χ0n) is 12.3. The lowest BCUT2D eigenvalue weighted by Crippen LogP contribution is -2.43. The van der Waals surface area contributed by atoms with Crippen LogP contribution in [-0.4, -0.2) is 39.5 Å². The van der Waals surface area contributed by atoms with Gasteiger partial charge in [-0.05, 0) is 12.8 Å². The summed E-state index contributed by atoms with van der Waals surface area (Å²) in [6.45, 7) is 8.51. The maximum absolute atomic E-state index is 12.3. The van der Waals surface area contributed by atoms with E-state index >= 15 is 0 Å². The predicted octanol–water partition coefficient (Wildman–Crippen LogP) is 2.21. The fraction of sp³-hybridized carbons (Fsp3) is 0.714. The van der Waals surface area contributed by atoms with E-state index in [0.29, 0.717) is 24.1 Å². The van der Waals surface area contributed by atoms with Crippen LogP contribution in [0.2, 0.25) is 0 Å². The van der Waals surface area contributed by atoms with Crippen molar-refractivity contribution in [1.82, 2.24) is 9.47 Å². The van der Waals surface area contributed by atoms with Crippen LogP contribution < -0.4 is 4.87 Å². The van der Waals surface area contributed by atoms with Crippen LogP contribution in [0.15, 0.2) is 10.2 Å². The predicted molar refractivity (Wildman–Crippen MR) is 85.6 cm³/mol. The number of aryl methyl sites for hydroxylation is 1. The van der Waals surface area contributed by atoms with E-state index in [9.17, 15) is 9.59 Å². The molecule has 0 saturated carbocycles. The van der Waals surface area contributed by atoms with Gasteiger partial charge < -0.3 is 9.47 Å². The third kappa shape index (κ3) is 3.67. The highest BCUT2D eigenvalue weighted by Gasteiger charge is 2.25. The normalized spacial score (nSPS) is 19.6. The van der Waals surface area contributed by atoms with Crippen LogP contribution in [0.1, 0.15) is 26.0 Å². The zero-order valence-corrected chi connectivity index (χ0v) is 13.9. The number of nitrogens with zero attached hydrogens (tertiary/aromatic N) is 2. The van der Waals surface area contributed by atoms with Gasteiger partial charge in [0.05, 0.1) is 0 Å². The third-order valence-electron chi connectivity index (χ3n) is 3.72. The van der Waals surface area contributed by atoms with Crippen molar-refractivity contribution >= 4 is 29.0 Å². The minimum Gasteiger partial charge on any atom is -0.341 e. The summed E-state index contributed by atoms with van der Waals surface area (Å²) in [6.07, 6.45) is 0.424. The molecule has 0 spiro atoms. The Hall–Kier alpha value is -0.750. The van der Waals surface area contributed by atoms with Crippen molar-refractivity contribution in [2.45, 2.75) is 39.0 Å². The maximum Gasteiger partial charge on any atom is 0.307 e. The number of hydrogen-bond acceptors (Lipinski definition) is 4. The van der Waals surface area contributed by atoms with E-state index in [1.165, 1.54) is 11.3 Å². The molecule has 2 heterocycles. The molecule has 112 valence electrons. The monoisotopic (exact) mass is 314 g/mol. The van der Waals surface area contributed by atoms with Crippen molar-refractivity contribution in [1.29, 1.82) is 0 Å². The molecule has 0 N–H and O–H groups in total. The summed E-state index contributed by atoms with van der Waals surface area (Å²) in [5.41, 5.74) is 0.946. The molecule has 0 radical (unpaired) electrons. The molecule has 2 rings (SSSR count). The summed E-state index contributed by atoms with van der Waals surface area (Å²) >= 11 is 3.17. The number of amides is 1. The Kier molecular flexibility index (Phi) is 5.32. The van der Waals surface area contributed by atoms with Crippen molar-refractivity contribution in [3.63, 3.8) is 0 Å². The lowest BCUT2D eigenvalue weighted by atomic mass is 10.1. The van der Waals surface area contributed by atoms with Crippen LogP contribution in [0.3, 0.4) is 0 Å². The van der Waals surface area contributed by atoms with Gasteiger partial charge in [-0.3, -0.25) is 9.59 Å². The molecule has 1 amide bonds. The topological polar surface area (TPSA) is 42.3 Å². The fourth-order valence-corrected chi connectivity index (χ4v) is 4.41. The summed E-state index contributed by atoms with van der Waals surface area (Å²) in [7, 11) is 0. The Morgan fingerprint density at radius 3 is 2.85 bits per heavy atom. The molecule has 0 aliphatic carbocycles. The van der Waals surface area contributed by atoms with Crippen LogP contribution in [0, 0.1) is 12.8 Å². The third-order valence-corrected chi connectivity index (χ3v) is 6.14. The first kappa shape index (κ1) is 15.6. The lowest BCUT2D eigenvalue weighted by Gasteiger charge is -2.34. The van der Waals surface area contributed by atoms with Gasteiger partial charge in [-0.25, -0.2) is 0 Å². The molecule has 1 aromatic rings. The van der Waals surface area contributed by atoms with Gasteiger partial charge in [-0.2, -0.15) is 11.8 Å². The van der Waals surface area contributed by atoms with E-state index in [0.717, 1.165) is 24.5 Å². The van der Waals surface area contributed by atoms with E-state index < -0.39 is 0 Å². The van der Waals surface area contributed by atoms with Gasteiger partial charge in [0.2, 0.25) is 5.91 Å². The van der Waals surface area contributed by atoms with E-state index in [2.05, 4.69) is 13.8 Å². The van der Waals surface area contributed by atoms with E-state index in [1.807, 2.05) is 29.0 Å². The van der Waals surface area contributed by atoms with Crippen molar-refractivity contribution in [3.8, 4) is 0 Å². The Morgan fingerprint density at radius 2 is 2.25 bits per heavy atom. The number of aromatic nitrogens is 1. The highest BCUT2D eigenvalue weighted by atomic mass is 32.2. The number of hydrogen-bond donors (Lipinski definition) is 0. The smallest absolute Gasteiger partial charge is 0.307 e. The Labute approximate surface area is 128 Å². The summed E-state index contributed by atoms with van der Waals surface area (Å²) in [4.78, 5) is 25.9. The molecule has 1 saturated heterocycles. The minimum atomic E-state index is 0.0320. The molecule has 0 bridgehead atoms. The summed E-state index contributed by atoms with van der Waals surface area (Å²) in [5.74, 6) is 1.79. The zero-order chi connectivity index (χ0) is 14.7. The Morgan fingerprint density at radius 1 is 1.50 bits per heavy atom. The minimum absolute atomic E-state index is 0.0320. The largest absolute Gasteiger partial charge is 0.341 e. The van der Waals surface area contributed by atoms with Crippen LogP contribution in [-0.2, 0) is 11.3 Å². The molecule has 1 aromatic heterocycles. The first-order chi connectivity index (χ1) is 9.49. The molecular formula is C14H22N2O2S2. The second kappa shape index (κ2) is 6.80. The van der Waals surface area contributed by atoms with Gasteiger partial charge >= 0.3 is 4.87 Å². The fourth-order valence-electron chi connectivity index (χ4n) is 2.35. The van der Waals surface area contributed by atoms with Crippen LogP contribution >= 0.6 is 23.1 Å². The van der Waals surface area contributed by atoms with Crippen molar-refractivity contribution in [2.75, 3.05) is 18.8 Å². The van der Waals surface area contributed by atoms with Crippen LogP contribution in [0.25, 0.3) is 0 Å². The SMILES string of the molecule is Cc1csc(=O)n1CCC(=O)N1CCSC(C(C)C)C1. The molecule has 1 atom stereocenters. The van der Waals surface area contributed by atoms with Gasteiger partial charge in [0, 0.05) is 48.1 Å². The van der Waals surface area contributed by atoms with E-state index in [1.54, 1.807) is 4.57 Å². The summed E-state index contributed by atoms with van der Waals surface area (Å²) in [6, 6.07) is 0. The first-order valence-electron chi connectivity index (χ1n) is 7.03. The van der Waals surface area contributed by atoms with E-state index in [-0.39, 0.29) is 10.8 Å². The van der Waals surface area contributed by atoms with Gasteiger partial charge in [0.15, 0.2) is 0 Å². The van der Waals surface area contributed by atoms with Gasteiger partial charge in [0.1, 0.15) is 0 Å². The molecule has 1 aliphatic rings. The van der Waals surface area contributed by atoms with Gasteiger partial charge in [0.25, 0.3) is 0 Å². The van der Waals surface area contributed by atoms with Crippen molar-refractivity contribution < 1.29 is 4.79 Å². The highest BCUT2D eigenvalue weighted by molar-refractivity contribution is 8.00. The highest BCUT2D eigenvalue weighted by Crippen LogP contribution is 2.25. The molecule has 1 unspecified atom stereocenters. The quantitative estimate of drug-likeness (QED) is 0.856. The van der Waals surface area contributed by atoms with Gasteiger partial charge in [-0.1, -0.05) is 25.2 Å². The standard InChI is InChI=1S/C14H22N2O2S2/c1-10(2)12-8-15(6-7-19-12)13(17)4-5-16-11(3)9-20-14(16)18/h9-10,12H,4-8H2,1-3H3. The van der Waals surface area contributed by atoms with Crippen molar-refractivity contribution in [2.24, 2.45) is 5.92 Å². The number of thiazole rings is 1. The summed E-state index contributed by atoms with van der Waals surface area (Å²) in [5, 5.41) is 2.39. The van der Waals surface area contributed by atoms with E-state index in [4.69, 9.17) is 0 Å². The molecular weight excluding hydrogens is 292 g/mol. The first-order valence-corrected chi connectivity index (χ1v) is 8.96. The average Bonchev–Trinajstić information content (AvgIpc) is 2.75. The molecule has 6 heteroatoms. The maximum atomic E-state index is 12.3. The number of carbonyl (C=O) groups excluding carboxylic acids is 1. The molecule has 1 fully saturated rings. The Balaban J connectivity index is 1.90. The van der Waals surface area contributed by atoms with Crippen LogP contribution in [0.4, 0.5) is 0 Å². The average molecular weight is 314 g/mol. The molecule has 4 nitrogen and oxygen atoms in total. The number of thioether (sulfide) groups is 1. The second-order valence-corrected chi connectivity index (χ2v) is 7.71. The number of carbonyl (C=O) groups is 1. The second-order valence-electron chi connectivity index (χ2n) is 5.54.